The third kappa shape index (κ3) is 5.16. The molecule has 25 heavy (non-hydrogen) atoms. The van der Waals surface area contributed by atoms with Crippen molar-refractivity contribution in [3.8, 4) is 0 Å². The summed E-state index contributed by atoms with van der Waals surface area (Å²) < 4.78 is 18.8. The summed E-state index contributed by atoms with van der Waals surface area (Å²) in [5, 5.41) is -0.0259. The summed E-state index contributed by atoms with van der Waals surface area (Å²) in [6.07, 6.45) is 2.38. The normalized spacial score (nSPS) is 17.7. The third-order valence-corrected chi connectivity index (χ3v) is 5.36. The Morgan fingerprint density at radius 2 is 2.04 bits per heavy atom. The minimum atomic E-state index is -0.512. The molecule has 0 aliphatic carbocycles. The van der Waals surface area contributed by atoms with Crippen LogP contribution in [-0.4, -0.2) is 61.6 Å². The fraction of sp³-hybridized carbons (Fsp3) is 0.632. The number of nitrogens with zero attached hydrogens (tertiary/aromatic N) is 2. The molecule has 1 heterocycles. The molecular formula is C19H28ClFN2O2. The third-order valence-electron chi connectivity index (χ3n) is 5.07. The molecule has 0 bridgehead atoms. The summed E-state index contributed by atoms with van der Waals surface area (Å²) in [4.78, 5) is 17.0. The Morgan fingerprint density at radius 1 is 1.40 bits per heavy atom. The lowest BCUT2D eigenvalue weighted by Gasteiger charge is -2.38. The van der Waals surface area contributed by atoms with Crippen LogP contribution in [-0.2, 0) is 4.74 Å². The van der Waals surface area contributed by atoms with E-state index in [1.807, 2.05) is 7.05 Å². The first-order valence-electron chi connectivity index (χ1n) is 8.80. The number of hydrogen-bond acceptors (Lipinski definition) is 3. The molecule has 1 unspecified atom stereocenters. The van der Waals surface area contributed by atoms with Gasteiger partial charge in [0, 0.05) is 45.4 Å². The van der Waals surface area contributed by atoms with Gasteiger partial charge in [-0.25, -0.2) is 4.39 Å². The first-order valence-corrected chi connectivity index (χ1v) is 9.18. The van der Waals surface area contributed by atoms with Crippen LogP contribution in [0.15, 0.2) is 18.2 Å². The number of carbonyl (C=O) groups is 1. The van der Waals surface area contributed by atoms with Crippen LogP contribution >= 0.6 is 11.6 Å². The van der Waals surface area contributed by atoms with Gasteiger partial charge in [0.15, 0.2) is 0 Å². The molecule has 0 saturated carbocycles. The lowest BCUT2D eigenvalue weighted by Crippen LogP contribution is -2.50. The number of benzene rings is 1. The van der Waals surface area contributed by atoms with Crippen molar-refractivity contribution in [3.05, 3.63) is 34.6 Å². The molecule has 0 spiro atoms. The second-order valence-electron chi connectivity index (χ2n) is 7.09. The summed E-state index contributed by atoms with van der Waals surface area (Å²) in [7, 11) is 3.57. The highest BCUT2D eigenvalue weighted by molar-refractivity contribution is 6.31. The quantitative estimate of drug-likeness (QED) is 0.765. The fourth-order valence-electron chi connectivity index (χ4n) is 3.36. The maximum atomic E-state index is 13.3. The van der Waals surface area contributed by atoms with Gasteiger partial charge in [0.2, 0.25) is 0 Å². The number of rotatable bonds is 6. The van der Waals surface area contributed by atoms with E-state index in [0.717, 1.165) is 32.5 Å². The van der Waals surface area contributed by atoms with Crippen molar-refractivity contribution < 1.29 is 13.9 Å². The van der Waals surface area contributed by atoms with Crippen molar-refractivity contribution in [2.45, 2.75) is 38.8 Å². The maximum absolute atomic E-state index is 13.3. The van der Waals surface area contributed by atoms with Crippen molar-refractivity contribution in [2.75, 3.05) is 33.8 Å². The van der Waals surface area contributed by atoms with Crippen LogP contribution < -0.4 is 0 Å². The van der Waals surface area contributed by atoms with Crippen LogP contribution in [0.2, 0.25) is 5.02 Å². The lowest BCUT2D eigenvalue weighted by molar-refractivity contribution is 0.0271. The Morgan fingerprint density at radius 3 is 2.56 bits per heavy atom. The van der Waals surface area contributed by atoms with E-state index in [2.05, 4.69) is 18.7 Å². The first-order chi connectivity index (χ1) is 11.8. The molecule has 1 aromatic carbocycles. The van der Waals surface area contributed by atoms with Crippen molar-refractivity contribution in [2.24, 2.45) is 5.92 Å². The Bertz CT molecular complexity index is 589. The van der Waals surface area contributed by atoms with Gasteiger partial charge in [0.1, 0.15) is 5.82 Å². The Labute approximate surface area is 154 Å². The molecule has 1 saturated heterocycles. The standard InChI is InChI=1S/C19H28ClFN2O2/c1-13(2)18(12-23-9-7-15(25-4)8-10-23)22(3)19(24)14-5-6-17(21)16(20)11-14/h5-6,11,13,15,18H,7-10,12H2,1-4H3. The molecule has 1 aromatic rings. The number of halogens is 2. The minimum Gasteiger partial charge on any atom is -0.381 e. The Hall–Kier alpha value is -1.17. The van der Waals surface area contributed by atoms with Crippen molar-refractivity contribution in [1.29, 1.82) is 0 Å². The summed E-state index contributed by atoms with van der Waals surface area (Å²) in [5.74, 6) is -0.334. The van der Waals surface area contributed by atoms with E-state index >= 15 is 0 Å². The highest BCUT2D eigenvalue weighted by atomic mass is 35.5. The van der Waals surface area contributed by atoms with Crippen LogP contribution in [0.5, 0.6) is 0 Å². The molecule has 4 nitrogen and oxygen atoms in total. The van der Waals surface area contributed by atoms with Crippen LogP contribution in [0.25, 0.3) is 0 Å². The van der Waals surface area contributed by atoms with E-state index in [-0.39, 0.29) is 17.0 Å². The van der Waals surface area contributed by atoms with Gasteiger partial charge >= 0.3 is 0 Å². The number of carbonyl (C=O) groups excluding carboxylic acids is 1. The zero-order valence-corrected chi connectivity index (χ0v) is 16.2. The molecule has 2 rings (SSSR count). The smallest absolute Gasteiger partial charge is 0.253 e. The van der Waals surface area contributed by atoms with Crippen molar-refractivity contribution >= 4 is 17.5 Å². The summed E-state index contributed by atoms with van der Waals surface area (Å²) in [6, 6.07) is 4.21. The lowest BCUT2D eigenvalue weighted by atomic mass is 9.99. The Kier molecular flexibility index (Phi) is 7.23. The number of likely N-dealkylation sites (N-methyl/N-ethyl adjacent to an activating group) is 1. The van der Waals surface area contributed by atoms with Gasteiger partial charge in [-0.2, -0.15) is 0 Å². The Balaban J connectivity index is 2.05. The van der Waals surface area contributed by atoms with Gasteiger partial charge in [0.05, 0.1) is 11.1 Å². The van der Waals surface area contributed by atoms with Gasteiger partial charge in [-0.15, -0.1) is 0 Å². The zero-order valence-electron chi connectivity index (χ0n) is 15.5. The van der Waals surface area contributed by atoms with E-state index in [4.69, 9.17) is 16.3 Å². The molecule has 1 atom stereocenters. The van der Waals surface area contributed by atoms with Crippen LogP contribution in [0.3, 0.4) is 0 Å². The summed E-state index contributed by atoms with van der Waals surface area (Å²) in [5.41, 5.74) is 0.414. The van der Waals surface area contributed by atoms with E-state index in [1.54, 1.807) is 12.0 Å². The molecule has 1 amide bonds. The van der Waals surface area contributed by atoms with Gasteiger partial charge in [0.25, 0.3) is 5.91 Å². The molecule has 0 aromatic heterocycles. The molecule has 0 N–H and O–H groups in total. The van der Waals surface area contributed by atoms with E-state index in [9.17, 15) is 9.18 Å². The zero-order chi connectivity index (χ0) is 18.6. The predicted octanol–water partition coefficient (Wildman–Crippen LogP) is 3.69. The molecule has 1 fully saturated rings. The second-order valence-corrected chi connectivity index (χ2v) is 7.50. The van der Waals surface area contributed by atoms with Gasteiger partial charge in [-0.05, 0) is 37.0 Å². The maximum Gasteiger partial charge on any atom is 0.253 e. The van der Waals surface area contributed by atoms with E-state index < -0.39 is 5.82 Å². The molecular weight excluding hydrogens is 343 g/mol. The fourth-order valence-corrected chi connectivity index (χ4v) is 3.54. The van der Waals surface area contributed by atoms with Crippen LogP contribution in [0.1, 0.15) is 37.0 Å². The topological polar surface area (TPSA) is 32.8 Å². The number of ether oxygens (including phenoxy) is 1. The number of amides is 1. The largest absolute Gasteiger partial charge is 0.381 e. The van der Waals surface area contributed by atoms with Gasteiger partial charge in [-0.3, -0.25) is 4.79 Å². The number of methoxy groups -OCH3 is 1. The average molecular weight is 371 g/mol. The van der Waals surface area contributed by atoms with Gasteiger partial charge in [-0.1, -0.05) is 25.4 Å². The number of hydrogen-bond donors (Lipinski definition) is 0. The molecule has 1 aliphatic rings. The molecule has 1 aliphatic heterocycles. The van der Waals surface area contributed by atoms with Crippen LogP contribution in [0.4, 0.5) is 4.39 Å². The molecule has 0 radical (unpaired) electrons. The van der Waals surface area contributed by atoms with E-state index in [0.29, 0.717) is 17.6 Å². The minimum absolute atomic E-state index is 0.0259. The molecule has 6 heteroatoms. The number of likely N-dealkylation sites (tertiary alicyclic amines) is 1. The predicted molar refractivity (Wildman–Crippen MR) is 98.6 cm³/mol. The summed E-state index contributed by atoms with van der Waals surface area (Å²) in [6.45, 7) is 7.02. The highest BCUT2D eigenvalue weighted by Gasteiger charge is 2.28. The number of piperidine rings is 1. The van der Waals surface area contributed by atoms with Gasteiger partial charge < -0.3 is 14.5 Å². The monoisotopic (exact) mass is 370 g/mol. The molecule has 140 valence electrons. The van der Waals surface area contributed by atoms with E-state index in [1.165, 1.54) is 18.2 Å². The van der Waals surface area contributed by atoms with Crippen LogP contribution in [0, 0.1) is 11.7 Å². The summed E-state index contributed by atoms with van der Waals surface area (Å²) >= 11 is 5.82. The van der Waals surface area contributed by atoms with Crippen molar-refractivity contribution in [1.82, 2.24) is 9.80 Å². The van der Waals surface area contributed by atoms with Crippen molar-refractivity contribution in [3.63, 3.8) is 0 Å². The average Bonchev–Trinajstić information content (AvgIpc) is 2.61. The second kappa shape index (κ2) is 8.97. The first kappa shape index (κ1) is 20.1. The highest BCUT2D eigenvalue weighted by Crippen LogP contribution is 2.21. The SMILES string of the molecule is COC1CCN(CC(C(C)C)N(C)C(=O)c2ccc(F)c(Cl)c2)CC1.